The molecule has 1 aliphatic heterocycles. The molecule has 0 aliphatic carbocycles. The zero-order valence-electron chi connectivity index (χ0n) is 22.2. The Morgan fingerprint density at radius 3 is 2.37 bits per heavy atom. The van der Waals surface area contributed by atoms with Crippen LogP contribution < -0.4 is 4.74 Å². The minimum absolute atomic E-state index is 0.104. The SMILES string of the molecule is C=CCO[C@H]1[C@H](O)[C@H](COS(=O)(=O)c2cccc(C(F)(F)F)c2)O[C@@H](Oc2ccc(I)cc2)[C@H]1OC(=O)c1ccccc1. The highest BCUT2D eigenvalue weighted by Gasteiger charge is 2.50. The van der Waals surface area contributed by atoms with Gasteiger partial charge < -0.3 is 24.1 Å². The van der Waals surface area contributed by atoms with Gasteiger partial charge in [0.25, 0.3) is 10.1 Å². The molecular formula is C29H26F3IO9S. The summed E-state index contributed by atoms with van der Waals surface area (Å²) in [5.41, 5.74) is -0.983. The Morgan fingerprint density at radius 2 is 1.72 bits per heavy atom. The molecular weight excluding hydrogens is 708 g/mol. The standard InChI is InChI=1S/C29H26F3IO9S/c1-2-15-38-25-24(34)23(17-39-43(36,37)22-10-6-9-19(16-22)29(30,31)32)41-28(40-21-13-11-20(33)12-14-21)26(25)42-27(35)18-7-4-3-5-8-18/h2-14,16,23-26,28,34H,1,15,17H2/t23-,24+,25-,26-,28+/m0/s1. The van der Waals surface area contributed by atoms with Crippen molar-refractivity contribution in [2.24, 2.45) is 0 Å². The molecule has 1 heterocycles. The lowest BCUT2D eigenvalue weighted by Crippen LogP contribution is -2.62. The number of aliphatic hydroxyl groups is 1. The van der Waals surface area contributed by atoms with Crippen LogP contribution in [0.5, 0.6) is 5.75 Å². The molecule has 14 heteroatoms. The predicted molar refractivity (Wildman–Crippen MR) is 155 cm³/mol. The minimum atomic E-state index is -4.78. The Labute approximate surface area is 259 Å². The number of hydrogen-bond acceptors (Lipinski definition) is 9. The van der Waals surface area contributed by atoms with Crippen molar-refractivity contribution in [3.63, 3.8) is 0 Å². The van der Waals surface area contributed by atoms with Gasteiger partial charge in [-0.05, 0) is 77.2 Å². The van der Waals surface area contributed by atoms with Crippen LogP contribution in [0.15, 0.2) is 96.4 Å². The van der Waals surface area contributed by atoms with E-state index < -0.39 is 70.0 Å². The smallest absolute Gasteiger partial charge is 0.416 e. The van der Waals surface area contributed by atoms with E-state index in [9.17, 15) is 31.5 Å². The van der Waals surface area contributed by atoms with Gasteiger partial charge in [0.2, 0.25) is 6.29 Å². The third kappa shape index (κ3) is 8.55. The summed E-state index contributed by atoms with van der Waals surface area (Å²) in [5, 5.41) is 11.2. The van der Waals surface area contributed by atoms with Crippen LogP contribution in [0.4, 0.5) is 13.2 Å². The summed E-state index contributed by atoms with van der Waals surface area (Å²) in [6.07, 6.45) is -10.6. The number of rotatable bonds is 11. The van der Waals surface area contributed by atoms with Crippen molar-refractivity contribution in [3.8, 4) is 5.75 Å². The minimum Gasteiger partial charge on any atom is -0.461 e. The molecule has 5 atom stereocenters. The number of ether oxygens (including phenoxy) is 4. The fourth-order valence-electron chi connectivity index (χ4n) is 4.08. The first kappa shape index (κ1) is 32.9. The van der Waals surface area contributed by atoms with E-state index in [0.29, 0.717) is 11.8 Å². The average molecular weight is 734 g/mol. The molecule has 1 N–H and O–H groups in total. The highest BCUT2D eigenvalue weighted by Crippen LogP contribution is 2.32. The normalized spacial score (nSPS) is 22.5. The summed E-state index contributed by atoms with van der Waals surface area (Å²) in [6, 6.07) is 17.8. The van der Waals surface area contributed by atoms with Crippen LogP contribution in [0.3, 0.4) is 0 Å². The molecule has 4 rings (SSSR count). The Morgan fingerprint density at radius 1 is 1.02 bits per heavy atom. The first-order valence-corrected chi connectivity index (χ1v) is 15.2. The van der Waals surface area contributed by atoms with Gasteiger partial charge >= 0.3 is 12.1 Å². The molecule has 9 nitrogen and oxygen atoms in total. The Balaban J connectivity index is 1.61. The molecule has 1 saturated heterocycles. The quantitative estimate of drug-likeness (QED) is 0.126. The van der Waals surface area contributed by atoms with Crippen molar-refractivity contribution in [1.82, 2.24) is 0 Å². The summed E-state index contributed by atoms with van der Waals surface area (Å²) >= 11 is 2.09. The summed E-state index contributed by atoms with van der Waals surface area (Å²) in [7, 11) is -4.73. The van der Waals surface area contributed by atoms with Crippen molar-refractivity contribution < 1.29 is 54.6 Å². The fourth-order valence-corrected chi connectivity index (χ4v) is 5.41. The van der Waals surface area contributed by atoms with Crippen molar-refractivity contribution in [2.45, 2.75) is 41.8 Å². The van der Waals surface area contributed by atoms with E-state index >= 15 is 0 Å². The molecule has 230 valence electrons. The third-order valence-corrected chi connectivity index (χ3v) is 8.18. The molecule has 0 bridgehead atoms. The third-order valence-electron chi connectivity index (χ3n) is 6.18. The van der Waals surface area contributed by atoms with Crippen LogP contribution in [0.1, 0.15) is 15.9 Å². The molecule has 0 aromatic heterocycles. The largest absolute Gasteiger partial charge is 0.461 e. The van der Waals surface area contributed by atoms with Gasteiger partial charge in [-0.1, -0.05) is 30.3 Å². The molecule has 1 aliphatic rings. The first-order chi connectivity index (χ1) is 20.4. The Bertz CT molecular complexity index is 1500. The van der Waals surface area contributed by atoms with E-state index in [1.54, 1.807) is 42.5 Å². The second-order valence-electron chi connectivity index (χ2n) is 9.19. The lowest BCUT2D eigenvalue weighted by molar-refractivity contribution is -0.282. The van der Waals surface area contributed by atoms with Crippen molar-refractivity contribution in [3.05, 3.63) is 106 Å². The molecule has 3 aromatic rings. The Hall–Kier alpha value is -3.02. The predicted octanol–water partition coefficient (Wildman–Crippen LogP) is 4.98. The molecule has 0 spiro atoms. The Kier molecular flexibility index (Phi) is 10.8. The maximum absolute atomic E-state index is 13.1. The zero-order chi connectivity index (χ0) is 31.2. The number of hydrogen-bond donors (Lipinski definition) is 1. The van der Waals surface area contributed by atoms with E-state index in [0.717, 1.165) is 21.8 Å². The summed E-state index contributed by atoms with van der Waals surface area (Å²) in [4.78, 5) is 12.3. The zero-order valence-corrected chi connectivity index (χ0v) is 25.2. The highest BCUT2D eigenvalue weighted by atomic mass is 127. The lowest BCUT2D eigenvalue weighted by Gasteiger charge is -2.43. The first-order valence-electron chi connectivity index (χ1n) is 12.7. The molecule has 0 amide bonds. The van der Waals surface area contributed by atoms with Gasteiger partial charge in [-0.15, -0.1) is 6.58 Å². The van der Waals surface area contributed by atoms with Crippen LogP contribution in [0.25, 0.3) is 0 Å². The van der Waals surface area contributed by atoms with Gasteiger partial charge in [-0.2, -0.15) is 21.6 Å². The molecule has 0 saturated carbocycles. The van der Waals surface area contributed by atoms with Gasteiger partial charge in [0.1, 0.15) is 24.1 Å². The van der Waals surface area contributed by atoms with E-state index in [-0.39, 0.29) is 12.2 Å². The maximum atomic E-state index is 13.1. The van der Waals surface area contributed by atoms with Gasteiger partial charge in [-0.3, -0.25) is 4.18 Å². The van der Waals surface area contributed by atoms with Crippen molar-refractivity contribution >= 4 is 38.7 Å². The summed E-state index contributed by atoms with van der Waals surface area (Å²) in [5.74, 6) is -0.479. The number of alkyl halides is 3. The number of aliphatic hydroxyl groups excluding tert-OH is 1. The van der Waals surface area contributed by atoms with Crippen molar-refractivity contribution in [1.29, 1.82) is 0 Å². The number of benzene rings is 3. The molecule has 1 fully saturated rings. The van der Waals surface area contributed by atoms with Crippen LogP contribution in [-0.2, 0) is 34.7 Å². The monoisotopic (exact) mass is 734 g/mol. The van der Waals surface area contributed by atoms with E-state index in [2.05, 4.69) is 29.2 Å². The average Bonchev–Trinajstić information content (AvgIpc) is 2.98. The maximum Gasteiger partial charge on any atom is 0.416 e. The molecule has 3 aromatic carbocycles. The van der Waals surface area contributed by atoms with E-state index in [1.165, 1.54) is 18.2 Å². The van der Waals surface area contributed by atoms with Gasteiger partial charge in [0.05, 0.1) is 29.2 Å². The van der Waals surface area contributed by atoms with Gasteiger partial charge in [-0.25, -0.2) is 4.79 Å². The number of esters is 1. The lowest BCUT2D eigenvalue weighted by atomic mass is 9.98. The molecule has 0 radical (unpaired) electrons. The molecule has 0 unspecified atom stereocenters. The number of carbonyl (C=O) groups excluding carboxylic acids is 1. The van der Waals surface area contributed by atoms with Crippen LogP contribution in [-0.4, -0.2) is 63.4 Å². The summed E-state index contributed by atoms with van der Waals surface area (Å²) < 4.78 is 94.3. The number of carbonyl (C=O) groups is 1. The van der Waals surface area contributed by atoms with Crippen LogP contribution in [0.2, 0.25) is 0 Å². The van der Waals surface area contributed by atoms with Crippen LogP contribution >= 0.6 is 22.6 Å². The van der Waals surface area contributed by atoms with Gasteiger partial charge in [0.15, 0.2) is 6.10 Å². The number of halogens is 4. The second-order valence-corrected chi connectivity index (χ2v) is 12.1. The molecule has 43 heavy (non-hydrogen) atoms. The van der Waals surface area contributed by atoms with E-state index in [1.807, 2.05) is 0 Å². The summed E-state index contributed by atoms with van der Waals surface area (Å²) in [6.45, 7) is 2.65. The highest BCUT2D eigenvalue weighted by molar-refractivity contribution is 14.1. The van der Waals surface area contributed by atoms with Gasteiger partial charge in [0, 0.05) is 3.57 Å². The topological polar surface area (TPSA) is 118 Å². The fraction of sp³-hybridized carbons (Fsp3) is 0.276. The van der Waals surface area contributed by atoms with E-state index in [4.69, 9.17) is 23.1 Å². The van der Waals surface area contributed by atoms with Crippen molar-refractivity contribution in [2.75, 3.05) is 13.2 Å². The van der Waals surface area contributed by atoms with Crippen LogP contribution in [0, 0.1) is 3.57 Å². The second kappa shape index (κ2) is 14.2.